The van der Waals surface area contributed by atoms with E-state index in [4.69, 9.17) is 21.7 Å². The van der Waals surface area contributed by atoms with E-state index in [9.17, 15) is 4.79 Å². The van der Waals surface area contributed by atoms with Gasteiger partial charge in [-0.05, 0) is 38.4 Å². The van der Waals surface area contributed by atoms with Crippen LogP contribution >= 0.6 is 0 Å². The van der Waals surface area contributed by atoms with Crippen LogP contribution in [-0.2, 0) is 9.53 Å². The Hall–Kier alpha value is -4.16. The molecule has 39 heavy (non-hydrogen) atoms. The van der Waals surface area contributed by atoms with Crippen molar-refractivity contribution >= 4 is 41.0 Å². The van der Waals surface area contributed by atoms with Crippen LogP contribution in [0.3, 0.4) is 0 Å². The Bertz CT molecular complexity index is 1220. The number of ether oxygens (including phenoxy) is 1. The summed E-state index contributed by atoms with van der Waals surface area (Å²) in [6.45, 7) is 6.02. The molecule has 1 amide bonds. The molecule has 0 aromatic carbocycles. The lowest BCUT2D eigenvalue weighted by Crippen LogP contribution is -2.34. The van der Waals surface area contributed by atoms with E-state index in [1.807, 2.05) is 26.1 Å². The van der Waals surface area contributed by atoms with Gasteiger partial charge in [-0.3, -0.25) is 24.7 Å². The van der Waals surface area contributed by atoms with Crippen molar-refractivity contribution in [2.75, 3.05) is 57.6 Å². The molecule has 0 radical (unpaired) electrons. The van der Waals surface area contributed by atoms with Crippen molar-refractivity contribution in [1.29, 1.82) is 5.41 Å². The van der Waals surface area contributed by atoms with Gasteiger partial charge in [0.05, 0.1) is 42.1 Å². The molecule has 2 aliphatic rings. The number of pyridine rings is 2. The number of likely N-dealkylation sites (tertiary alicyclic amines) is 1. The number of aromatic nitrogens is 2. The summed E-state index contributed by atoms with van der Waals surface area (Å²) in [5, 5.41) is 16.6. The third-order valence-corrected chi connectivity index (χ3v) is 6.79. The van der Waals surface area contributed by atoms with E-state index in [1.54, 1.807) is 31.7 Å². The first kappa shape index (κ1) is 29.4. The monoisotopic (exact) mass is 534 g/mol. The summed E-state index contributed by atoms with van der Waals surface area (Å²) in [5.41, 5.74) is 10.8. The average molecular weight is 535 g/mol. The average Bonchev–Trinajstić information content (AvgIpc) is 3.58. The lowest BCUT2D eigenvalue weighted by molar-refractivity contribution is -0.117. The van der Waals surface area contributed by atoms with Crippen molar-refractivity contribution in [3.05, 3.63) is 53.7 Å². The summed E-state index contributed by atoms with van der Waals surface area (Å²) in [6, 6.07) is 5.45. The van der Waals surface area contributed by atoms with Gasteiger partial charge in [-0.25, -0.2) is 0 Å². The van der Waals surface area contributed by atoms with Gasteiger partial charge in [-0.1, -0.05) is 6.07 Å². The van der Waals surface area contributed by atoms with E-state index in [0.29, 0.717) is 23.4 Å². The summed E-state index contributed by atoms with van der Waals surface area (Å²) in [6.07, 6.45) is 9.74. The molecule has 7 N–H and O–H groups in total. The molecule has 12 heteroatoms. The first-order valence-corrected chi connectivity index (χ1v) is 12.7. The van der Waals surface area contributed by atoms with Gasteiger partial charge < -0.3 is 32.4 Å². The summed E-state index contributed by atoms with van der Waals surface area (Å²) in [7, 11) is 3.52. The van der Waals surface area contributed by atoms with E-state index in [1.165, 1.54) is 6.20 Å². The van der Waals surface area contributed by atoms with Crippen molar-refractivity contribution in [1.82, 2.24) is 14.9 Å². The number of aliphatic imine (C=N–C) groups is 1. The topological polar surface area (TPSA) is 180 Å². The second kappa shape index (κ2) is 14.1. The van der Waals surface area contributed by atoms with Crippen LogP contribution in [0.4, 0.5) is 11.4 Å². The molecule has 208 valence electrons. The minimum absolute atomic E-state index is 0.0173. The number of carbonyl (C=O) groups is 1. The van der Waals surface area contributed by atoms with Gasteiger partial charge in [-0.15, -0.1) is 0 Å². The van der Waals surface area contributed by atoms with Gasteiger partial charge in [0.1, 0.15) is 5.71 Å². The van der Waals surface area contributed by atoms with Gasteiger partial charge in [-0.2, -0.15) is 5.10 Å². The Morgan fingerprint density at radius 1 is 1.31 bits per heavy atom. The normalized spacial score (nSPS) is 19.7. The molecule has 0 saturated carbocycles. The molecule has 1 unspecified atom stereocenters. The zero-order valence-corrected chi connectivity index (χ0v) is 22.8. The second-order valence-electron chi connectivity index (χ2n) is 9.52. The highest BCUT2D eigenvalue weighted by molar-refractivity contribution is 6.36. The van der Waals surface area contributed by atoms with Crippen LogP contribution in [0.5, 0.6) is 0 Å². The van der Waals surface area contributed by atoms with Crippen LogP contribution in [0.15, 0.2) is 46.9 Å². The lowest BCUT2D eigenvalue weighted by atomic mass is 9.87. The minimum atomic E-state index is 0.0173. The third kappa shape index (κ3) is 7.91. The maximum absolute atomic E-state index is 12.2. The van der Waals surface area contributed by atoms with Crippen molar-refractivity contribution in [2.45, 2.75) is 19.8 Å². The summed E-state index contributed by atoms with van der Waals surface area (Å²) in [4.78, 5) is 26.8. The largest absolute Gasteiger partial charge is 0.404 e. The molecule has 4 rings (SSSR count). The van der Waals surface area contributed by atoms with E-state index >= 15 is 0 Å². The molecule has 2 aromatic heterocycles. The van der Waals surface area contributed by atoms with Gasteiger partial charge in [0.15, 0.2) is 0 Å². The molecule has 2 saturated heterocycles. The maximum atomic E-state index is 12.2. The highest BCUT2D eigenvalue weighted by atomic mass is 16.5. The minimum Gasteiger partial charge on any atom is -0.404 e. The predicted octanol–water partition coefficient (Wildman–Crippen LogP) is 1.88. The van der Waals surface area contributed by atoms with Gasteiger partial charge in [0, 0.05) is 68.6 Å². The van der Waals surface area contributed by atoms with Crippen molar-refractivity contribution in [2.24, 2.45) is 27.1 Å². The third-order valence-electron chi connectivity index (χ3n) is 6.79. The molecule has 4 heterocycles. The molecule has 2 aliphatic heterocycles. The number of hydrazone groups is 1. The lowest BCUT2D eigenvalue weighted by Gasteiger charge is -2.21. The van der Waals surface area contributed by atoms with Crippen LogP contribution in [0.25, 0.3) is 5.57 Å². The first-order chi connectivity index (χ1) is 18.9. The van der Waals surface area contributed by atoms with E-state index in [-0.39, 0.29) is 5.91 Å². The van der Waals surface area contributed by atoms with E-state index in [2.05, 4.69) is 35.6 Å². The molecule has 2 fully saturated rings. The number of nitrogens with one attached hydrogen (secondary N) is 3. The maximum Gasteiger partial charge on any atom is 0.238 e. The number of amides is 1. The van der Waals surface area contributed by atoms with Crippen molar-refractivity contribution in [3.63, 3.8) is 0 Å². The van der Waals surface area contributed by atoms with Crippen molar-refractivity contribution < 1.29 is 9.53 Å². The molecule has 0 aliphatic carbocycles. The Kier molecular flexibility index (Phi) is 10.6. The van der Waals surface area contributed by atoms with E-state index < -0.39 is 0 Å². The zero-order chi connectivity index (χ0) is 28.3. The number of nitrogens with two attached hydrogens (primary N) is 2. The standard InChI is InChI=1S/C16H24N4O2.C11H14N6/c1-12-14(17-2)7-13(8-18-12)19-15(21)9-20-5-3-16(10-20)4-6-22-11-16;1-15-6-9(4-12)8-2-3-10(16-7-8)11(5-13)17-14/h7-8,17H,3-6,9-11H2,1-2H3,(H,19,21);2-7,13H,12,14H2,1H3/b;9-4+,13-5?,15-6?,17-11-. The highest BCUT2D eigenvalue weighted by Crippen LogP contribution is 2.37. The van der Waals surface area contributed by atoms with Gasteiger partial charge in [0.2, 0.25) is 5.91 Å². The SMILES string of the molecule is CN=C/C(=C\N)c1ccc(/C(C=N)=N\N)nc1.CNc1cc(NC(=O)CN2CCC3(CCOC3)C2)cnc1C. The van der Waals surface area contributed by atoms with Crippen molar-refractivity contribution in [3.8, 4) is 0 Å². The quantitative estimate of drug-likeness (QED) is 0.193. The molecular formula is C27H38N10O2. The molecule has 1 atom stereocenters. The summed E-state index contributed by atoms with van der Waals surface area (Å²) < 4.78 is 5.53. The number of nitrogens with zero attached hydrogens (tertiary/aromatic N) is 5. The number of carbonyl (C=O) groups excluding carboxylic acids is 1. The van der Waals surface area contributed by atoms with Crippen LogP contribution in [0, 0.1) is 17.7 Å². The van der Waals surface area contributed by atoms with Crippen LogP contribution in [0.1, 0.15) is 29.8 Å². The number of allylic oxidation sites excluding steroid dienone is 1. The fourth-order valence-corrected chi connectivity index (χ4v) is 4.64. The fourth-order valence-electron chi connectivity index (χ4n) is 4.64. The van der Waals surface area contributed by atoms with E-state index in [0.717, 1.165) is 73.6 Å². The predicted molar refractivity (Wildman–Crippen MR) is 156 cm³/mol. The molecule has 12 nitrogen and oxygen atoms in total. The smallest absolute Gasteiger partial charge is 0.238 e. The van der Waals surface area contributed by atoms with Crippen LogP contribution in [0.2, 0.25) is 0 Å². The molecule has 2 aromatic rings. The number of rotatable bonds is 8. The number of aryl methyl sites for hydroxylation is 1. The van der Waals surface area contributed by atoms with Gasteiger partial charge in [0.25, 0.3) is 0 Å². The van der Waals surface area contributed by atoms with Crippen LogP contribution < -0.4 is 22.2 Å². The molecule has 1 spiro atoms. The molecule has 0 bridgehead atoms. The summed E-state index contributed by atoms with van der Waals surface area (Å²) >= 11 is 0. The van der Waals surface area contributed by atoms with Crippen LogP contribution in [-0.4, -0.2) is 85.9 Å². The number of hydrogen-bond acceptors (Lipinski definition) is 11. The van der Waals surface area contributed by atoms with Gasteiger partial charge >= 0.3 is 0 Å². The molecular weight excluding hydrogens is 496 g/mol. The first-order valence-electron chi connectivity index (χ1n) is 12.7. The fraction of sp³-hybridized carbons (Fsp3) is 0.407. The highest BCUT2D eigenvalue weighted by Gasteiger charge is 2.41. The number of anilines is 2. The Labute approximate surface area is 229 Å². The summed E-state index contributed by atoms with van der Waals surface area (Å²) in [5.74, 6) is 5.15. The second-order valence-corrected chi connectivity index (χ2v) is 9.52. The Morgan fingerprint density at radius 2 is 2.13 bits per heavy atom. The number of hydrogen-bond donors (Lipinski definition) is 5. The Morgan fingerprint density at radius 3 is 2.72 bits per heavy atom. The zero-order valence-electron chi connectivity index (χ0n) is 22.8. The Balaban J connectivity index is 0.000000224.